The van der Waals surface area contributed by atoms with E-state index in [1.54, 1.807) is 12.1 Å². The highest BCUT2D eigenvalue weighted by Gasteiger charge is 2.33. The topological polar surface area (TPSA) is 66.5 Å². The second-order valence-corrected chi connectivity index (χ2v) is 9.99. The van der Waals surface area contributed by atoms with Gasteiger partial charge < -0.3 is 5.32 Å². The Morgan fingerprint density at radius 3 is 2.62 bits per heavy atom. The monoisotopic (exact) mass is 460 g/mol. The zero-order valence-corrected chi connectivity index (χ0v) is 17.6. The van der Waals surface area contributed by atoms with Crippen molar-refractivity contribution in [3.05, 3.63) is 53.6 Å². The van der Waals surface area contributed by atoms with E-state index in [0.717, 1.165) is 0 Å². The van der Waals surface area contributed by atoms with E-state index >= 15 is 0 Å². The standard InChI is InChI=1S/C19H19ClF2N2O3S2/c20-14-6-8-17(9-7-14)29(26,27)24-10-2-3-13(12-24)18(25)23-15-4-1-5-16(11-15)28-19(21)22/h1,4-9,11,13,19H,2-3,10,12H2,(H,23,25). The number of benzene rings is 2. The zero-order valence-electron chi connectivity index (χ0n) is 15.2. The lowest BCUT2D eigenvalue weighted by atomic mass is 9.99. The fourth-order valence-corrected chi connectivity index (χ4v) is 5.33. The van der Waals surface area contributed by atoms with Crippen molar-refractivity contribution in [3.8, 4) is 0 Å². The Morgan fingerprint density at radius 2 is 1.93 bits per heavy atom. The Morgan fingerprint density at radius 1 is 1.21 bits per heavy atom. The number of halogens is 3. The maximum absolute atomic E-state index is 12.8. The lowest BCUT2D eigenvalue weighted by molar-refractivity contribution is -0.120. The number of anilines is 1. The highest BCUT2D eigenvalue weighted by molar-refractivity contribution is 7.99. The fourth-order valence-electron chi connectivity index (χ4n) is 3.12. The Labute approximate surface area is 177 Å². The van der Waals surface area contributed by atoms with E-state index in [1.807, 2.05) is 0 Å². The molecule has 1 fully saturated rings. The smallest absolute Gasteiger partial charge is 0.288 e. The van der Waals surface area contributed by atoms with E-state index in [4.69, 9.17) is 11.6 Å². The van der Waals surface area contributed by atoms with Crippen LogP contribution >= 0.6 is 23.4 Å². The quantitative estimate of drug-likeness (QED) is 0.635. The van der Waals surface area contributed by atoms with Crippen LogP contribution in [-0.2, 0) is 14.8 Å². The third-order valence-corrected chi connectivity index (χ3v) is 7.37. The SMILES string of the molecule is O=C(Nc1cccc(SC(F)F)c1)C1CCCN(S(=O)(=O)c2ccc(Cl)cc2)C1. The molecule has 1 amide bonds. The van der Waals surface area contributed by atoms with Gasteiger partial charge in [-0.15, -0.1) is 0 Å². The van der Waals surface area contributed by atoms with Gasteiger partial charge in [0.15, 0.2) is 0 Å². The lowest BCUT2D eigenvalue weighted by Crippen LogP contribution is -2.43. The number of carbonyl (C=O) groups excluding carboxylic acids is 1. The van der Waals surface area contributed by atoms with Gasteiger partial charge in [-0.1, -0.05) is 29.4 Å². The Bertz CT molecular complexity index is 972. The third kappa shape index (κ3) is 5.69. The number of hydrogen-bond donors (Lipinski definition) is 1. The highest BCUT2D eigenvalue weighted by atomic mass is 35.5. The Kier molecular flexibility index (Phi) is 7.15. The van der Waals surface area contributed by atoms with Crippen molar-refractivity contribution in [2.75, 3.05) is 18.4 Å². The van der Waals surface area contributed by atoms with Crippen LogP contribution in [0.25, 0.3) is 0 Å². The molecule has 0 saturated carbocycles. The first kappa shape index (κ1) is 22.0. The second kappa shape index (κ2) is 9.42. The summed E-state index contributed by atoms with van der Waals surface area (Å²) in [5, 5.41) is 3.15. The summed E-state index contributed by atoms with van der Waals surface area (Å²) in [7, 11) is -3.73. The van der Waals surface area contributed by atoms with Crippen LogP contribution in [0.2, 0.25) is 5.02 Å². The van der Waals surface area contributed by atoms with Crippen LogP contribution < -0.4 is 5.32 Å². The molecule has 1 N–H and O–H groups in total. The predicted octanol–water partition coefficient (Wildman–Crippen LogP) is 4.69. The van der Waals surface area contributed by atoms with E-state index in [-0.39, 0.29) is 17.3 Å². The third-order valence-electron chi connectivity index (χ3n) is 4.53. The molecule has 5 nitrogen and oxygen atoms in total. The van der Waals surface area contributed by atoms with Gasteiger partial charge in [-0.05, 0) is 55.3 Å². The molecule has 0 bridgehead atoms. The summed E-state index contributed by atoms with van der Waals surface area (Å²) in [4.78, 5) is 13.1. The van der Waals surface area contributed by atoms with Crippen LogP contribution in [0.4, 0.5) is 14.5 Å². The van der Waals surface area contributed by atoms with Gasteiger partial charge in [-0.3, -0.25) is 4.79 Å². The van der Waals surface area contributed by atoms with Gasteiger partial charge in [-0.25, -0.2) is 8.42 Å². The van der Waals surface area contributed by atoms with Crippen LogP contribution in [0.3, 0.4) is 0 Å². The van der Waals surface area contributed by atoms with Crippen molar-refractivity contribution < 1.29 is 22.0 Å². The molecule has 1 unspecified atom stereocenters. The molecule has 1 aliphatic heterocycles. The van der Waals surface area contributed by atoms with Gasteiger partial charge >= 0.3 is 0 Å². The number of sulfonamides is 1. The van der Waals surface area contributed by atoms with Gasteiger partial charge in [0.2, 0.25) is 15.9 Å². The molecule has 10 heteroatoms. The summed E-state index contributed by atoms with van der Waals surface area (Å²) in [6.45, 7) is 0.386. The zero-order chi connectivity index (χ0) is 21.0. The van der Waals surface area contributed by atoms with Crippen molar-refractivity contribution >= 4 is 45.0 Å². The number of carbonyl (C=O) groups is 1. The van der Waals surface area contributed by atoms with Crippen molar-refractivity contribution in [1.29, 1.82) is 0 Å². The average Bonchev–Trinajstić information content (AvgIpc) is 2.68. The minimum atomic E-state index is -3.73. The number of hydrogen-bond acceptors (Lipinski definition) is 4. The lowest BCUT2D eigenvalue weighted by Gasteiger charge is -2.31. The molecule has 2 aromatic carbocycles. The molecule has 1 saturated heterocycles. The number of thioether (sulfide) groups is 1. The molecule has 0 aliphatic carbocycles. The summed E-state index contributed by atoms with van der Waals surface area (Å²) >= 11 is 6.22. The minimum Gasteiger partial charge on any atom is -0.326 e. The van der Waals surface area contributed by atoms with Crippen molar-refractivity contribution in [3.63, 3.8) is 0 Å². The molecule has 3 rings (SSSR count). The molecular weight excluding hydrogens is 442 g/mol. The molecule has 1 atom stereocenters. The Balaban J connectivity index is 1.69. The molecule has 0 spiro atoms. The van der Waals surface area contributed by atoms with Gasteiger partial charge in [0.05, 0.1) is 10.8 Å². The normalized spacial score (nSPS) is 18.0. The second-order valence-electron chi connectivity index (χ2n) is 6.55. The number of amides is 1. The number of piperidine rings is 1. The number of nitrogens with one attached hydrogen (secondary N) is 1. The summed E-state index contributed by atoms with van der Waals surface area (Å²) in [6.07, 6.45) is 1.09. The van der Waals surface area contributed by atoms with Gasteiger partial charge in [-0.2, -0.15) is 13.1 Å². The van der Waals surface area contributed by atoms with Gasteiger partial charge in [0.25, 0.3) is 5.76 Å². The highest BCUT2D eigenvalue weighted by Crippen LogP contribution is 2.29. The maximum atomic E-state index is 12.8. The molecule has 2 aromatic rings. The van der Waals surface area contributed by atoms with Crippen LogP contribution in [0.1, 0.15) is 12.8 Å². The first-order valence-corrected chi connectivity index (χ1v) is 11.6. The summed E-state index contributed by atoms with van der Waals surface area (Å²) in [5.74, 6) is -3.41. The van der Waals surface area contributed by atoms with E-state index in [2.05, 4.69) is 5.32 Å². The van der Waals surface area contributed by atoms with Crippen molar-refractivity contribution in [1.82, 2.24) is 4.31 Å². The first-order chi connectivity index (χ1) is 13.8. The number of nitrogens with zero attached hydrogens (tertiary/aromatic N) is 1. The van der Waals surface area contributed by atoms with E-state index in [1.165, 1.54) is 40.7 Å². The van der Waals surface area contributed by atoms with Crippen molar-refractivity contribution in [2.24, 2.45) is 5.92 Å². The molecule has 0 radical (unpaired) electrons. The van der Waals surface area contributed by atoms with E-state index in [0.29, 0.717) is 46.8 Å². The van der Waals surface area contributed by atoms with Crippen LogP contribution in [-0.4, -0.2) is 37.5 Å². The average molecular weight is 461 g/mol. The van der Waals surface area contributed by atoms with Crippen molar-refractivity contribution in [2.45, 2.75) is 28.4 Å². The van der Waals surface area contributed by atoms with Crippen LogP contribution in [0, 0.1) is 5.92 Å². The summed E-state index contributed by atoms with van der Waals surface area (Å²) in [6, 6.07) is 12.1. The number of alkyl halides is 2. The molecule has 1 heterocycles. The number of rotatable bonds is 6. The minimum absolute atomic E-state index is 0.0578. The molecule has 0 aromatic heterocycles. The maximum Gasteiger partial charge on any atom is 0.288 e. The van der Waals surface area contributed by atoms with Gasteiger partial charge in [0.1, 0.15) is 0 Å². The van der Waals surface area contributed by atoms with E-state index in [9.17, 15) is 22.0 Å². The Hall–Kier alpha value is -1.68. The first-order valence-electron chi connectivity index (χ1n) is 8.87. The fraction of sp³-hybridized carbons (Fsp3) is 0.316. The summed E-state index contributed by atoms with van der Waals surface area (Å²) in [5.41, 5.74) is 0.401. The molecular formula is C19H19ClF2N2O3S2. The van der Waals surface area contributed by atoms with Gasteiger partial charge in [0, 0.05) is 28.7 Å². The summed E-state index contributed by atoms with van der Waals surface area (Å²) < 4.78 is 52.1. The largest absolute Gasteiger partial charge is 0.326 e. The van der Waals surface area contributed by atoms with Crippen LogP contribution in [0.15, 0.2) is 58.3 Å². The molecule has 29 heavy (non-hydrogen) atoms. The predicted molar refractivity (Wildman–Crippen MR) is 110 cm³/mol. The molecule has 1 aliphatic rings. The van der Waals surface area contributed by atoms with E-state index < -0.39 is 21.7 Å². The van der Waals surface area contributed by atoms with Crippen LogP contribution in [0.5, 0.6) is 0 Å². The molecule has 156 valence electrons.